The van der Waals surface area contributed by atoms with Crippen LogP contribution in [0.15, 0.2) is 23.0 Å². The van der Waals surface area contributed by atoms with E-state index >= 15 is 0 Å². The summed E-state index contributed by atoms with van der Waals surface area (Å²) in [6.45, 7) is 3.87. The third-order valence-corrected chi connectivity index (χ3v) is 2.12. The van der Waals surface area contributed by atoms with Crippen LogP contribution in [0, 0.1) is 13.8 Å². The third-order valence-electron chi connectivity index (χ3n) is 2.12. The molecule has 0 saturated heterocycles. The van der Waals surface area contributed by atoms with E-state index in [0.29, 0.717) is 0 Å². The van der Waals surface area contributed by atoms with Crippen LogP contribution in [-0.4, -0.2) is 20.2 Å². The van der Waals surface area contributed by atoms with Crippen molar-refractivity contribution in [3.63, 3.8) is 0 Å². The number of aryl methyl sites for hydroxylation is 2. The highest BCUT2D eigenvalue weighted by Crippen LogP contribution is 2.15. The van der Waals surface area contributed by atoms with Crippen molar-refractivity contribution in [3.8, 4) is 5.69 Å². The molecule has 14 heavy (non-hydrogen) atoms. The molecule has 1 N–H and O–H groups in total. The summed E-state index contributed by atoms with van der Waals surface area (Å²) in [6, 6.07) is 5.81. The van der Waals surface area contributed by atoms with Crippen LogP contribution < -0.4 is 5.69 Å². The first-order chi connectivity index (χ1) is 6.70. The molecule has 0 saturated carbocycles. The Labute approximate surface area is 80.4 Å². The lowest BCUT2D eigenvalue weighted by Gasteiger charge is -2.06. The third kappa shape index (κ3) is 1.22. The molecule has 0 fully saturated rings. The first-order valence-electron chi connectivity index (χ1n) is 4.27. The van der Waals surface area contributed by atoms with Crippen molar-refractivity contribution < 1.29 is 0 Å². The predicted octanol–water partition coefficient (Wildman–Crippen LogP) is 0.572. The highest BCUT2D eigenvalue weighted by molar-refractivity contribution is 5.45. The maximum Gasteiger partial charge on any atom is 0.365 e. The summed E-state index contributed by atoms with van der Waals surface area (Å²) in [4.78, 5) is 11.3. The fourth-order valence-electron chi connectivity index (χ4n) is 1.48. The molecule has 5 heteroatoms. The molecule has 0 aliphatic heterocycles. The molecule has 0 unspecified atom stereocenters. The van der Waals surface area contributed by atoms with Crippen molar-refractivity contribution in [2.75, 3.05) is 0 Å². The molecule has 1 aromatic heterocycles. The highest BCUT2D eigenvalue weighted by Gasteiger charge is 2.08. The Bertz CT molecular complexity index is 491. The minimum atomic E-state index is -0.317. The molecular formula is C9H10N4O. The zero-order valence-electron chi connectivity index (χ0n) is 7.98. The number of tetrazole rings is 1. The first-order valence-corrected chi connectivity index (χ1v) is 4.27. The lowest BCUT2D eigenvalue weighted by molar-refractivity contribution is 0.771. The summed E-state index contributed by atoms with van der Waals surface area (Å²) in [5.41, 5.74) is 2.48. The molecule has 0 bridgehead atoms. The topological polar surface area (TPSA) is 63.6 Å². The quantitative estimate of drug-likeness (QED) is 0.715. The molecule has 2 rings (SSSR count). The van der Waals surface area contributed by atoms with Gasteiger partial charge in [-0.3, -0.25) is 0 Å². The van der Waals surface area contributed by atoms with Crippen LogP contribution in [-0.2, 0) is 0 Å². The van der Waals surface area contributed by atoms with E-state index in [9.17, 15) is 4.79 Å². The SMILES string of the molecule is Cc1cccc(C)c1-n1nn[nH]c1=O. The molecule has 0 aliphatic rings. The number of aromatic nitrogens is 4. The average molecular weight is 190 g/mol. The maximum atomic E-state index is 11.3. The van der Waals surface area contributed by atoms with Crippen molar-refractivity contribution in [3.05, 3.63) is 39.8 Å². The van der Waals surface area contributed by atoms with Gasteiger partial charge >= 0.3 is 5.69 Å². The van der Waals surface area contributed by atoms with Gasteiger partial charge in [-0.2, -0.15) is 4.68 Å². The first kappa shape index (κ1) is 8.68. The second-order valence-electron chi connectivity index (χ2n) is 3.16. The van der Waals surface area contributed by atoms with Gasteiger partial charge in [0, 0.05) is 0 Å². The van der Waals surface area contributed by atoms with Gasteiger partial charge in [0.15, 0.2) is 0 Å². The van der Waals surface area contributed by atoms with Crippen LogP contribution in [0.3, 0.4) is 0 Å². The van der Waals surface area contributed by atoms with Crippen molar-refractivity contribution in [1.29, 1.82) is 0 Å². The van der Waals surface area contributed by atoms with Gasteiger partial charge in [-0.1, -0.05) is 18.2 Å². The summed E-state index contributed by atoms with van der Waals surface area (Å²) >= 11 is 0. The molecule has 72 valence electrons. The standard InChI is InChI=1S/C9H10N4O/c1-6-4-3-5-7(2)8(6)13-9(14)10-11-12-13/h3-5H,1-2H3,(H,10,12,14). The van der Waals surface area contributed by atoms with Gasteiger partial charge in [0.2, 0.25) is 0 Å². The predicted molar refractivity (Wildman–Crippen MR) is 51.5 cm³/mol. The molecule has 0 spiro atoms. The Morgan fingerprint density at radius 1 is 1.29 bits per heavy atom. The van der Waals surface area contributed by atoms with Gasteiger partial charge in [0.05, 0.1) is 5.69 Å². The number of rotatable bonds is 1. The molecule has 1 aromatic carbocycles. The molecule has 2 aromatic rings. The summed E-state index contributed by atoms with van der Waals surface area (Å²) in [6.07, 6.45) is 0. The maximum absolute atomic E-state index is 11.3. The number of nitrogens with zero attached hydrogens (tertiary/aromatic N) is 3. The Hall–Kier alpha value is -1.91. The van der Waals surface area contributed by atoms with Crippen molar-refractivity contribution in [2.45, 2.75) is 13.8 Å². The second kappa shape index (κ2) is 3.10. The average Bonchev–Trinajstić information content (AvgIpc) is 2.52. The van der Waals surface area contributed by atoms with Crippen molar-refractivity contribution in [1.82, 2.24) is 20.2 Å². The van der Waals surface area contributed by atoms with Crippen LogP contribution in [0.2, 0.25) is 0 Å². The monoisotopic (exact) mass is 190 g/mol. The summed E-state index contributed by atoms with van der Waals surface area (Å²) in [7, 11) is 0. The summed E-state index contributed by atoms with van der Waals surface area (Å²) in [5, 5.41) is 9.43. The van der Waals surface area contributed by atoms with E-state index in [4.69, 9.17) is 0 Å². The Morgan fingerprint density at radius 2 is 1.93 bits per heavy atom. The molecular weight excluding hydrogens is 180 g/mol. The van der Waals surface area contributed by atoms with E-state index in [1.807, 2.05) is 32.0 Å². The van der Waals surface area contributed by atoms with E-state index < -0.39 is 0 Å². The Balaban J connectivity index is 2.74. The van der Waals surface area contributed by atoms with Gasteiger partial charge in [-0.25, -0.2) is 9.89 Å². The number of aromatic amines is 1. The summed E-state index contributed by atoms with van der Waals surface area (Å²) < 4.78 is 1.27. The van der Waals surface area contributed by atoms with Gasteiger partial charge < -0.3 is 0 Å². The van der Waals surface area contributed by atoms with Crippen LogP contribution >= 0.6 is 0 Å². The van der Waals surface area contributed by atoms with Crippen molar-refractivity contribution >= 4 is 0 Å². The largest absolute Gasteiger partial charge is 0.365 e. The molecule has 5 nitrogen and oxygen atoms in total. The van der Waals surface area contributed by atoms with E-state index in [-0.39, 0.29) is 5.69 Å². The zero-order valence-corrected chi connectivity index (χ0v) is 7.98. The summed E-state index contributed by atoms with van der Waals surface area (Å²) in [5.74, 6) is 0. The smallest absolute Gasteiger partial charge is 0.244 e. The van der Waals surface area contributed by atoms with Crippen molar-refractivity contribution in [2.24, 2.45) is 0 Å². The van der Waals surface area contributed by atoms with Crippen LogP contribution in [0.4, 0.5) is 0 Å². The van der Waals surface area contributed by atoms with Gasteiger partial charge in [0.1, 0.15) is 0 Å². The van der Waals surface area contributed by atoms with E-state index in [0.717, 1.165) is 16.8 Å². The lowest BCUT2D eigenvalue weighted by Crippen LogP contribution is -2.18. The van der Waals surface area contributed by atoms with E-state index in [1.54, 1.807) is 0 Å². The highest BCUT2D eigenvalue weighted by atomic mass is 16.2. The molecule has 0 amide bonds. The lowest BCUT2D eigenvalue weighted by atomic mass is 10.1. The number of nitrogens with one attached hydrogen (secondary N) is 1. The van der Waals surface area contributed by atoms with Crippen LogP contribution in [0.25, 0.3) is 5.69 Å². The number of benzene rings is 1. The minimum Gasteiger partial charge on any atom is -0.244 e. The number of hydrogen-bond acceptors (Lipinski definition) is 3. The van der Waals surface area contributed by atoms with Crippen LogP contribution in [0.5, 0.6) is 0 Å². The van der Waals surface area contributed by atoms with Gasteiger partial charge in [-0.05, 0) is 35.4 Å². The van der Waals surface area contributed by atoms with Gasteiger partial charge in [0.25, 0.3) is 0 Å². The number of hydrogen-bond donors (Lipinski definition) is 1. The molecule has 0 atom stereocenters. The normalized spacial score (nSPS) is 10.4. The van der Waals surface area contributed by atoms with E-state index in [2.05, 4.69) is 15.5 Å². The van der Waals surface area contributed by atoms with Crippen LogP contribution in [0.1, 0.15) is 11.1 Å². The molecule has 0 radical (unpaired) electrons. The fourth-order valence-corrected chi connectivity index (χ4v) is 1.48. The van der Waals surface area contributed by atoms with Gasteiger partial charge in [-0.15, -0.1) is 0 Å². The molecule has 1 heterocycles. The van der Waals surface area contributed by atoms with E-state index in [1.165, 1.54) is 4.68 Å². The zero-order chi connectivity index (χ0) is 10.1. The molecule has 0 aliphatic carbocycles. The Kier molecular flexibility index (Phi) is 1.92. The number of para-hydroxylation sites is 1. The number of H-pyrrole nitrogens is 1. The second-order valence-corrected chi connectivity index (χ2v) is 3.16. The Morgan fingerprint density at radius 3 is 2.43 bits per heavy atom. The fraction of sp³-hybridized carbons (Fsp3) is 0.222. The minimum absolute atomic E-state index is 0.317.